The fourth-order valence-corrected chi connectivity index (χ4v) is 10.1. The zero-order valence-electron chi connectivity index (χ0n) is 35.3. The van der Waals surface area contributed by atoms with Crippen LogP contribution in [0.15, 0.2) is 30.6 Å². The number of aromatic nitrogens is 1. The molecular weight excluding hydrogens is 769 g/mol. The van der Waals surface area contributed by atoms with E-state index in [0.717, 1.165) is 31.4 Å². The number of benzene rings is 1. The molecular formula is C44H63Cl2N3O8. The van der Waals surface area contributed by atoms with E-state index in [4.69, 9.17) is 46.9 Å². The van der Waals surface area contributed by atoms with Gasteiger partial charge in [-0.3, -0.25) is 14.6 Å². The third kappa shape index (κ3) is 10.3. The van der Waals surface area contributed by atoms with Crippen LogP contribution in [0.4, 0.5) is 10.5 Å². The number of fused-ring (bicyclic) bond motifs is 1. The predicted octanol–water partition coefficient (Wildman–Crippen LogP) is 9.72. The minimum atomic E-state index is -1.28. The average molecular weight is 833 g/mol. The number of esters is 1. The highest BCUT2D eigenvalue weighted by Gasteiger charge is 2.59. The summed E-state index contributed by atoms with van der Waals surface area (Å²) in [5.74, 6) is -0.244. The quantitative estimate of drug-likeness (QED) is 0.192. The molecule has 316 valence electrons. The largest absolute Gasteiger partial charge is 0.493 e. The van der Waals surface area contributed by atoms with Crippen molar-refractivity contribution in [2.24, 2.45) is 23.7 Å². The number of hydrogen-bond donors (Lipinski definition) is 0. The lowest BCUT2D eigenvalue weighted by atomic mass is 9.74. The van der Waals surface area contributed by atoms with Crippen molar-refractivity contribution in [3.63, 3.8) is 0 Å². The van der Waals surface area contributed by atoms with E-state index in [0.29, 0.717) is 72.3 Å². The Kier molecular flexibility index (Phi) is 15.1. The Balaban J connectivity index is 1.47. The molecule has 13 heteroatoms. The van der Waals surface area contributed by atoms with E-state index in [1.165, 1.54) is 0 Å². The van der Waals surface area contributed by atoms with Crippen LogP contribution in [0.5, 0.6) is 11.5 Å². The summed E-state index contributed by atoms with van der Waals surface area (Å²) < 4.78 is 30.7. The lowest BCUT2D eigenvalue weighted by molar-refractivity contribution is -0.170. The van der Waals surface area contributed by atoms with Gasteiger partial charge in [-0.2, -0.15) is 0 Å². The smallest absolute Gasteiger partial charge is 0.410 e. The summed E-state index contributed by atoms with van der Waals surface area (Å²) in [7, 11) is 3.31. The maximum atomic E-state index is 14.5. The molecule has 0 unspecified atom stereocenters. The van der Waals surface area contributed by atoms with Crippen molar-refractivity contribution in [3.8, 4) is 11.5 Å². The van der Waals surface area contributed by atoms with Crippen LogP contribution in [0.1, 0.15) is 112 Å². The van der Waals surface area contributed by atoms with E-state index in [-0.39, 0.29) is 42.2 Å². The van der Waals surface area contributed by atoms with Crippen molar-refractivity contribution in [3.05, 3.63) is 46.2 Å². The normalized spacial score (nSPS) is 30.4. The molecule has 8 atom stereocenters. The van der Waals surface area contributed by atoms with Crippen LogP contribution in [-0.2, 0) is 30.3 Å². The number of hydrogen-bond acceptors (Lipinski definition) is 10. The molecule has 2 aliphatic heterocycles. The highest BCUT2D eigenvalue weighted by Crippen LogP contribution is 2.43. The van der Waals surface area contributed by atoms with Crippen LogP contribution >= 0.6 is 23.2 Å². The number of halogens is 2. The number of pyridine rings is 1. The summed E-state index contributed by atoms with van der Waals surface area (Å²) in [5, 5.41) is 0.883. The van der Waals surface area contributed by atoms with Gasteiger partial charge in [-0.05, 0) is 89.7 Å². The van der Waals surface area contributed by atoms with Crippen LogP contribution in [0.25, 0.3) is 0 Å². The second-order valence-corrected chi connectivity index (χ2v) is 18.0. The Bertz CT molecular complexity index is 1700. The van der Waals surface area contributed by atoms with Gasteiger partial charge < -0.3 is 33.5 Å². The number of rotatable bonds is 12. The lowest BCUT2D eigenvalue weighted by Gasteiger charge is -2.41. The van der Waals surface area contributed by atoms with Crippen molar-refractivity contribution in [1.82, 2.24) is 9.88 Å². The molecule has 0 bridgehead atoms. The fraction of sp³-hybridized carbons (Fsp3) is 0.682. The Morgan fingerprint density at radius 1 is 0.965 bits per heavy atom. The summed E-state index contributed by atoms with van der Waals surface area (Å²) >= 11 is 13.3. The molecule has 0 spiro atoms. The van der Waals surface area contributed by atoms with Crippen molar-refractivity contribution >= 4 is 46.7 Å². The Labute approximate surface area is 349 Å². The van der Waals surface area contributed by atoms with Gasteiger partial charge in [0.15, 0.2) is 17.1 Å². The number of Topliss-reactive ketones (excluding diaryl/α,β-unsaturated/α-hetero) is 1. The van der Waals surface area contributed by atoms with E-state index in [2.05, 4.69) is 16.8 Å². The number of nitrogens with zero attached hydrogens (tertiary/aromatic N) is 3. The van der Waals surface area contributed by atoms with Gasteiger partial charge in [0.2, 0.25) is 0 Å². The van der Waals surface area contributed by atoms with E-state index in [9.17, 15) is 14.4 Å². The van der Waals surface area contributed by atoms with E-state index >= 15 is 0 Å². The van der Waals surface area contributed by atoms with Gasteiger partial charge in [0.1, 0.15) is 11.9 Å². The van der Waals surface area contributed by atoms with Crippen LogP contribution in [-0.4, -0.2) is 84.5 Å². The minimum Gasteiger partial charge on any atom is -0.493 e. The van der Waals surface area contributed by atoms with E-state index in [1.54, 1.807) is 31.5 Å². The number of cyclic esters (lactones) is 1. The van der Waals surface area contributed by atoms with Gasteiger partial charge in [0.25, 0.3) is 0 Å². The molecule has 1 amide bonds. The number of carbonyl (C=O) groups excluding carboxylic acids is 3. The van der Waals surface area contributed by atoms with Crippen LogP contribution in [0, 0.1) is 23.7 Å². The van der Waals surface area contributed by atoms with Crippen LogP contribution in [0.2, 0.25) is 10.0 Å². The number of amides is 1. The second kappa shape index (κ2) is 19.2. The number of ketones is 1. The molecule has 2 aromatic rings. The maximum absolute atomic E-state index is 14.5. The summed E-state index contributed by atoms with van der Waals surface area (Å²) in [6, 6.07) is 5.16. The van der Waals surface area contributed by atoms with Crippen LogP contribution < -0.4 is 14.4 Å². The molecule has 1 aromatic carbocycles. The SMILES string of the molecule is CC[C@H]1OC(=O)[C@H](C)C[C@H](C)C[C@](C)(OC)C[C@@H](C)C(=O)[C@H](C)[C@H]2N(CCCN(Cc3c(Cl)cncc3Cl)c3ccc(OC)c(OC4CCCC4)c3)C(=O)O[C@]12C. The highest BCUT2D eigenvalue weighted by atomic mass is 35.5. The number of anilines is 1. The van der Waals surface area contributed by atoms with Crippen molar-refractivity contribution < 1.29 is 38.1 Å². The van der Waals surface area contributed by atoms with Crippen molar-refractivity contribution in [2.75, 3.05) is 32.2 Å². The third-order valence-corrected chi connectivity index (χ3v) is 13.2. The third-order valence-electron chi connectivity index (χ3n) is 12.5. The molecule has 1 aliphatic carbocycles. The number of ether oxygens (including phenoxy) is 5. The number of carbonyl (C=O) groups is 3. The summed E-state index contributed by atoms with van der Waals surface area (Å²) in [6.45, 7) is 14.7. The summed E-state index contributed by atoms with van der Waals surface area (Å²) in [5.41, 5.74) is -0.281. The molecule has 3 fully saturated rings. The zero-order chi connectivity index (χ0) is 41.7. The summed E-state index contributed by atoms with van der Waals surface area (Å²) in [6.07, 6.45) is 8.92. The van der Waals surface area contributed by atoms with Crippen molar-refractivity contribution in [2.45, 2.75) is 142 Å². The topological polar surface area (TPSA) is 117 Å². The van der Waals surface area contributed by atoms with Gasteiger partial charge in [0, 0.05) is 68.3 Å². The molecule has 11 nitrogen and oxygen atoms in total. The molecule has 0 N–H and O–H groups in total. The first kappa shape index (κ1) is 44.8. The molecule has 3 heterocycles. The standard InChI is InChI=1S/C44H63Cl2N3O8/c1-10-38-44(7)40(30(5)39(50)29(4)23-43(6,54-9)22-27(2)20-28(3)41(51)56-38)49(42(52)57-44)19-13-18-48(26-33-34(45)24-47-25-35(33)46)31-16-17-36(53-8)37(21-31)55-32-14-11-12-15-32/h16-17,21,24-25,27-30,32,38,40H,10-15,18-20,22-23,26H2,1-9H3/t27-,28+,29+,30-,38+,40+,43-,44+/m0/s1. The van der Waals surface area contributed by atoms with Crippen LogP contribution in [0.3, 0.4) is 0 Å². The zero-order valence-corrected chi connectivity index (χ0v) is 36.8. The fourth-order valence-electron chi connectivity index (χ4n) is 9.62. The highest BCUT2D eigenvalue weighted by molar-refractivity contribution is 6.35. The molecule has 0 radical (unpaired) electrons. The monoisotopic (exact) mass is 831 g/mol. The first-order valence-corrected chi connectivity index (χ1v) is 21.5. The predicted molar refractivity (Wildman–Crippen MR) is 222 cm³/mol. The average Bonchev–Trinajstić information content (AvgIpc) is 3.78. The molecule has 1 aromatic heterocycles. The molecule has 5 rings (SSSR count). The molecule has 1 saturated carbocycles. The first-order valence-electron chi connectivity index (χ1n) is 20.7. The maximum Gasteiger partial charge on any atom is 0.410 e. The Morgan fingerprint density at radius 3 is 2.28 bits per heavy atom. The number of methoxy groups -OCH3 is 2. The molecule has 3 aliphatic rings. The van der Waals surface area contributed by atoms with Gasteiger partial charge in [-0.25, -0.2) is 4.79 Å². The first-order chi connectivity index (χ1) is 27.0. The Hall–Kier alpha value is -3.28. The van der Waals surface area contributed by atoms with E-state index < -0.39 is 35.4 Å². The van der Waals surface area contributed by atoms with E-state index in [1.807, 2.05) is 59.7 Å². The van der Waals surface area contributed by atoms with Gasteiger partial charge >= 0.3 is 12.1 Å². The lowest BCUT2D eigenvalue weighted by Crippen LogP contribution is -2.57. The molecule has 57 heavy (non-hydrogen) atoms. The Morgan fingerprint density at radius 2 is 1.65 bits per heavy atom. The van der Waals surface area contributed by atoms with Gasteiger partial charge in [-0.1, -0.05) is 57.8 Å². The van der Waals surface area contributed by atoms with Gasteiger partial charge in [-0.15, -0.1) is 0 Å². The minimum absolute atomic E-state index is 0.00804. The summed E-state index contributed by atoms with van der Waals surface area (Å²) in [4.78, 5) is 50.2. The van der Waals surface area contributed by atoms with Gasteiger partial charge in [0.05, 0.1) is 40.8 Å². The second-order valence-electron chi connectivity index (χ2n) is 17.1. The molecule has 2 saturated heterocycles. The van der Waals surface area contributed by atoms with Crippen molar-refractivity contribution in [1.29, 1.82) is 0 Å².